The van der Waals surface area contributed by atoms with Gasteiger partial charge in [-0.2, -0.15) is 0 Å². The molecule has 3 heterocycles. The van der Waals surface area contributed by atoms with Gasteiger partial charge in [-0.15, -0.1) is 0 Å². The van der Waals surface area contributed by atoms with Crippen LogP contribution in [0.4, 0.5) is 10.5 Å². The van der Waals surface area contributed by atoms with E-state index in [1.54, 1.807) is 27.7 Å². The van der Waals surface area contributed by atoms with Crippen LogP contribution in [0.3, 0.4) is 0 Å². The smallest absolute Gasteiger partial charge is 0.412 e. The first-order chi connectivity index (χ1) is 12.0. The highest BCUT2D eigenvalue weighted by Crippen LogP contribution is 2.33. The van der Waals surface area contributed by atoms with Crippen molar-refractivity contribution in [3.63, 3.8) is 0 Å². The van der Waals surface area contributed by atoms with Gasteiger partial charge < -0.3 is 15.3 Å². The topological polar surface area (TPSA) is 94.9 Å². The van der Waals surface area contributed by atoms with Crippen molar-refractivity contribution in [2.75, 3.05) is 25.0 Å². The molecule has 0 radical (unpaired) electrons. The van der Waals surface area contributed by atoms with Crippen LogP contribution in [-0.4, -0.2) is 52.3 Å². The molecule has 8 nitrogen and oxygen atoms in total. The summed E-state index contributed by atoms with van der Waals surface area (Å²) in [5, 5.41) is 12.7. The molecule has 26 heavy (non-hydrogen) atoms. The molecule has 2 aliphatic heterocycles. The second kappa shape index (κ2) is 5.84. The SMILES string of the molecule is Cc1cc(N(C(=O)O)C(C)(C)C)c(=O)n2c1C(=O)N[C@@]21CCCN(C)C1. The van der Waals surface area contributed by atoms with Crippen LogP contribution in [-0.2, 0) is 5.66 Å². The van der Waals surface area contributed by atoms with Gasteiger partial charge in [0, 0.05) is 12.1 Å². The zero-order valence-electron chi connectivity index (χ0n) is 15.9. The van der Waals surface area contributed by atoms with Crippen LogP contribution in [0.5, 0.6) is 0 Å². The molecule has 8 heteroatoms. The maximum Gasteiger partial charge on any atom is 0.412 e. The number of carboxylic acid groups (broad SMARTS) is 1. The number of carbonyl (C=O) groups is 2. The third-order valence-corrected chi connectivity index (χ3v) is 5.13. The molecule has 1 aromatic rings. The number of nitrogens with one attached hydrogen (secondary N) is 1. The second-order valence-corrected chi connectivity index (χ2v) is 8.32. The van der Waals surface area contributed by atoms with Crippen LogP contribution >= 0.6 is 0 Å². The fourth-order valence-corrected chi connectivity index (χ4v) is 4.19. The van der Waals surface area contributed by atoms with Gasteiger partial charge in [-0.3, -0.25) is 19.1 Å². The Bertz CT molecular complexity index is 839. The minimum atomic E-state index is -1.19. The molecule has 0 aromatic carbocycles. The number of amides is 2. The Morgan fingerprint density at radius 3 is 2.54 bits per heavy atom. The molecule has 1 fully saturated rings. The van der Waals surface area contributed by atoms with Crippen LogP contribution in [0.15, 0.2) is 10.9 Å². The Morgan fingerprint density at radius 2 is 2.00 bits per heavy atom. The molecule has 0 saturated carbocycles. The third-order valence-electron chi connectivity index (χ3n) is 5.13. The fourth-order valence-electron chi connectivity index (χ4n) is 4.19. The van der Waals surface area contributed by atoms with Gasteiger partial charge in [-0.05, 0) is 65.8 Å². The van der Waals surface area contributed by atoms with Gasteiger partial charge in [0.05, 0.1) is 0 Å². The summed E-state index contributed by atoms with van der Waals surface area (Å²) < 4.78 is 1.50. The predicted octanol–water partition coefficient (Wildman–Crippen LogP) is 1.56. The first-order valence-corrected chi connectivity index (χ1v) is 8.79. The molecule has 2 aliphatic rings. The first-order valence-electron chi connectivity index (χ1n) is 8.79. The van der Waals surface area contributed by atoms with Gasteiger partial charge in [0.25, 0.3) is 11.5 Å². The largest absolute Gasteiger partial charge is 0.465 e. The van der Waals surface area contributed by atoms with Crippen LogP contribution in [0.1, 0.15) is 49.7 Å². The number of pyridine rings is 1. The molecule has 1 saturated heterocycles. The third kappa shape index (κ3) is 2.68. The van der Waals surface area contributed by atoms with E-state index >= 15 is 0 Å². The van der Waals surface area contributed by atoms with E-state index < -0.39 is 22.9 Å². The number of hydrogen-bond acceptors (Lipinski definition) is 4. The lowest BCUT2D eigenvalue weighted by molar-refractivity contribution is 0.0755. The summed E-state index contributed by atoms with van der Waals surface area (Å²) in [5.74, 6) is -0.279. The number of rotatable bonds is 1. The molecular formula is C18H26N4O4. The number of hydrogen-bond donors (Lipinski definition) is 2. The van der Waals surface area contributed by atoms with Crippen molar-refractivity contribution < 1.29 is 14.7 Å². The highest BCUT2D eigenvalue weighted by Gasteiger charge is 2.47. The number of fused-ring (bicyclic) bond motifs is 2. The van der Waals surface area contributed by atoms with Gasteiger partial charge in [0.2, 0.25) is 0 Å². The normalized spacial score (nSPS) is 23.0. The van der Waals surface area contributed by atoms with Crippen molar-refractivity contribution in [2.45, 2.75) is 51.7 Å². The molecular weight excluding hydrogens is 336 g/mol. The highest BCUT2D eigenvalue weighted by atomic mass is 16.4. The van der Waals surface area contributed by atoms with Crippen molar-refractivity contribution in [3.05, 3.63) is 27.7 Å². The molecule has 0 unspecified atom stereocenters. The Kier molecular flexibility index (Phi) is 4.14. The summed E-state index contributed by atoms with van der Waals surface area (Å²) >= 11 is 0. The number of piperidine rings is 1. The molecule has 1 atom stereocenters. The molecule has 0 bridgehead atoms. The van der Waals surface area contributed by atoms with Crippen molar-refractivity contribution >= 4 is 17.7 Å². The number of aromatic nitrogens is 1. The number of carbonyl (C=O) groups excluding carboxylic acids is 1. The lowest BCUT2D eigenvalue weighted by Gasteiger charge is -2.40. The van der Waals surface area contributed by atoms with Crippen LogP contribution in [0.2, 0.25) is 0 Å². The quantitative estimate of drug-likeness (QED) is 0.791. The van der Waals surface area contributed by atoms with Gasteiger partial charge in [0.1, 0.15) is 17.0 Å². The van der Waals surface area contributed by atoms with E-state index in [1.165, 1.54) is 10.6 Å². The molecule has 1 aromatic heterocycles. The molecule has 2 N–H and O–H groups in total. The van der Waals surface area contributed by atoms with E-state index in [9.17, 15) is 19.5 Å². The van der Waals surface area contributed by atoms with E-state index in [0.717, 1.165) is 17.9 Å². The number of likely N-dealkylation sites (N-methyl/N-ethyl adjacent to an activating group) is 1. The Morgan fingerprint density at radius 1 is 1.35 bits per heavy atom. The average Bonchev–Trinajstić information content (AvgIpc) is 2.75. The minimum absolute atomic E-state index is 0.0790. The van der Waals surface area contributed by atoms with Crippen molar-refractivity contribution in [1.29, 1.82) is 0 Å². The van der Waals surface area contributed by atoms with Crippen molar-refractivity contribution in [2.24, 2.45) is 0 Å². The van der Waals surface area contributed by atoms with Crippen molar-refractivity contribution in [3.8, 4) is 0 Å². The fraction of sp³-hybridized carbons (Fsp3) is 0.611. The first kappa shape index (κ1) is 18.4. The molecule has 2 amide bonds. The lowest BCUT2D eigenvalue weighted by Crippen LogP contribution is -2.58. The number of nitrogens with zero attached hydrogens (tertiary/aromatic N) is 3. The summed E-state index contributed by atoms with van der Waals surface area (Å²) in [5.41, 5.74) is -1.06. The van der Waals surface area contributed by atoms with Crippen LogP contribution < -0.4 is 15.8 Å². The molecule has 1 spiro atoms. The molecule has 3 rings (SSSR count). The van der Waals surface area contributed by atoms with E-state index in [1.807, 2.05) is 7.05 Å². The predicted molar refractivity (Wildman–Crippen MR) is 97.9 cm³/mol. The molecule has 142 valence electrons. The van der Waals surface area contributed by atoms with E-state index in [4.69, 9.17) is 0 Å². The summed E-state index contributed by atoms with van der Waals surface area (Å²) in [6.45, 7) is 8.35. The Labute approximate surface area is 152 Å². The summed E-state index contributed by atoms with van der Waals surface area (Å²) in [6, 6.07) is 1.51. The van der Waals surface area contributed by atoms with E-state index in [-0.39, 0.29) is 11.6 Å². The van der Waals surface area contributed by atoms with Crippen molar-refractivity contribution in [1.82, 2.24) is 14.8 Å². The lowest BCUT2D eigenvalue weighted by atomic mass is 9.98. The maximum atomic E-state index is 13.4. The maximum absolute atomic E-state index is 13.4. The Hall–Kier alpha value is -2.35. The zero-order chi connectivity index (χ0) is 19.4. The van der Waals surface area contributed by atoms with E-state index in [0.29, 0.717) is 24.2 Å². The summed E-state index contributed by atoms with van der Waals surface area (Å²) in [6.07, 6.45) is 0.289. The number of aryl methyl sites for hydroxylation is 1. The zero-order valence-corrected chi connectivity index (χ0v) is 15.9. The van der Waals surface area contributed by atoms with Gasteiger partial charge in [-0.1, -0.05) is 0 Å². The molecule has 0 aliphatic carbocycles. The minimum Gasteiger partial charge on any atom is -0.465 e. The van der Waals surface area contributed by atoms with Crippen LogP contribution in [0.25, 0.3) is 0 Å². The monoisotopic (exact) mass is 362 g/mol. The Balaban J connectivity index is 2.28. The highest BCUT2D eigenvalue weighted by molar-refractivity contribution is 5.97. The van der Waals surface area contributed by atoms with Gasteiger partial charge in [0.15, 0.2) is 0 Å². The number of anilines is 1. The second-order valence-electron chi connectivity index (χ2n) is 8.32. The number of likely N-dealkylation sites (tertiary alicyclic amines) is 1. The van der Waals surface area contributed by atoms with Crippen LogP contribution in [0, 0.1) is 6.92 Å². The van der Waals surface area contributed by atoms with E-state index in [2.05, 4.69) is 10.2 Å². The standard InChI is InChI=1S/C18H26N4O4/c1-11-9-12(21(16(25)26)17(2,3)4)15(24)22-13(11)14(23)19-18(22)7-6-8-20(5)10-18/h9H,6-8,10H2,1-5H3,(H,19,23)(H,25,26)/t18-/m0/s1. The van der Waals surface area contributed by atoms with Gasteiger partial charge in [-0.25, -0.2) is 4.79 Å². The summed E-state index contributed by atoms with van der Waals surface area (Å²) in [7, 11) is 1.95. The average molecular weight is 362 g/mol. The summed E-state index contributed by atoms with van der Waals surface area (Å²) in [4.78, 5) is 41.0. The van der Waals surface area contributed by atoms with Gasteiger partial charge >= 0.3 is 6.09 Å².